The summed E-state index contributed by atoms with van der Waals surface area (Å²) in [6, 6.07) is 5.74. The molecule has 84 valence electrons. The fourth-order valence-electron chi connectivity index (χ4n) is 1.52. The fraction of sp³-hybridized carbons (Fsp3) is 0.273. The average molecular weight is 237 g/mol. The van der Waals surface area contributed by atoms with Crippen LogP contribution in [0.2, 0.25) is 5.15 Å². The van der Waals surface area contributed by atoms with Gasteiger partial charge in [-0.25, -0.2) is 4.98 Å². The van der Waals surface area contributed by atoms with Gasteiger partial charge in [-0.1, -0.05) is 17.7 Å². The SMILES string of the molecule is Cc1nn(C)c(Cl)c1CNc1ccccn1. The van der Waals surface area contributed by atoms with Crippen LogP contribution < -0.4 is 5.32 Å². The number of anilines is 1. The van der Waals surface area contributed by atoms with E-state index in [1.807, 2.05) is 32.2 Å². The Kier molecular flexibility index (Phi) is 3.10. The normalized spacial score (nSPS) is 10.4. The van der Waals surface area contributed by atoms with Crippen LogP contribution in [0.25, 0.3) is 0 Å². The van der Waals surface area contributed by atoms with Gasteiger partial charge in [0.25, 0.3) is 0 Å². The van der Waals surface area contributed by atoms with Crippen LogP contribution in [0.4, 0.5) is 5.82 Å². The summed E-state index contributed by atoms with van der Waals surface area (Å²) in [4.78, 5) is 4.18. The topological polar surface area (TPSA) is 42.7 Å². The van der Waals surface area contributed by atoms with E-state index in [2.05, 4.69) is 15.4 Å². The molecule has 5 heteroatoms. The fourth-order valence-corrected chi connectivity index (χ4v) is 1.76. The molecule has 2 rings (SSSR count). The predicted molar refractivity (Wildman–Crippen MR) is 64.5 cm³/mol. The third kappa shape index (κ3) is 2.17. The minimum absolute atomic E-state index is 0.634. The quantitative estimate of drug-likeness (QED) is 0.890. The van der Waals surface area contributed by atoms with E-state index in [4.69, 9.17) is 11.6 Å². The van der Waals surface area contributed by atoms with Crippen molar-refractivity contribution in [3.05, 3.63) is 40.8 Å². The molecule has 0 aliphatic rings. The third-order valence-electron chi connectivity index (χ3n) is 2.38. The number of halogens is 1. The summed E-state index contributed by atoms with van der Waals surface area (Å²) < 4.78 is 1.67. The zero-order valence-electron chi connectivity index (χ0n) is 9.24. The lowest BCUT2D eigenvalue weighted by molar-refractivity contribution is 0.757. The first-order valence-electron chi connectivity index (χ1n) is 5.01. The maximum atomic E-state index is 6.12. The predicted octanol–water partition coefficient (Wildman–Crippen LogP) is 2.39. The number of nitrogens with zero attached hydrogens (tertiary/aromatic N) is 3. The molecule has 2 aromatic rings. The summed E-state index contributed by atoms with van der Waals surface area (Å²) in [6.45, 7) is 2.58. The van der Waals surface area contributed by atoms with Gasteiger partial charge in [0, 0.05) is 25.4 Å². The summed E-state index contributed by atoms with van der Waals surface area (Å²) in [5.41, 5.74) is 1.95. The Morgan fingerprint density at radius 2 is 2.25 bits per heavy atom. The summed E-state index contributed by atoms with van der Waals surface area (Å²) in [7, 11) is 1.83. The molecule has 1 N–H and O–H groups in total. The van der Waals surface area contributed by atoms with Gasteiger partial charge in [0.05, 0.1) is 5.69 Å². The summed E-state index contributed by atoms with van der Waals surface area (Å²) in [5.74, 6) is 0.835. The highest BCUT2D eigenvalue weighted by atomic mass is 35.5. The number of rotatable bonds is 3. The maximum absolute atomic E-state index is 6.12. The first-order valence-corrected chi connectivity index (χ1v) is 5.39. The number of nitrogens with one attached hydrogen (secondary N) is 1. The molecule has 0 atom stereocenters. The maximum Gasteiger partial charge on any atom is 0.131 e. The second-order valence-corrected chi connectivity index (χ2v) is 3.90. The van der Waals surface area contributed by atoms with Gasteiger partial charge in [-0.15, -0.1) is 0 Å². The van der Waals surface area contributed by atoms with Crippen LogP contribution in [-0.4, -0.2) is 14.8 Å². The van der Waals surface area contributed by atoms with Crippen molar-refractivity contribution in [2.45, 2.75) is 13.5 Å². The largest absolute Gasteiger partial charge is 0.366 e. The van der Waals surface area contributed by atoms with Crippen LogP contribution >= 0.6 is 11.6 Å². The van der Waals surface area contributed by atoms with Crippen LogP contribution in [0.5, 0.6) is 0 Å². The van der Waals surface area contributed by atoms with E-state index in [1.165, 1.54) is 0 Å². The zero-order chi connectivity index (χ0) is 11.5. The van der Waals surface area contributed by atoms with Gasteiger partial charge < -0.3 is 5.32 Å². The molecule has 0 bridgehead atoms. The Hall–Kier alpha value is -1.55. The molecular weight excluding hydrogens is 224 g/mol. The molecule has 4 nitrogen and oxygen atoms in total. The second-order valence-electron chi connectivity index (χ2n) is 3.55. The van der Waals surface area contributed by atoms with Crippen molar-refractivity contribution in [1.29, 1.82) is 0 Å². The lowest BCUT2D eigenvalue weighted by atomic mass is 10.2. The molecule has 0 spiro atoms. The summed E-state index contributed by atoms with van der Waals surface area (Å²) >= 11 is 6.12. The second kappa shape index (κ2) is 4.53. The molecule has 16 heavy (non-hydrogen) atoms. The van der Waals surface area contributed by atoms with Crippen LogP contribution in [0.15, 0.2) is 24.4 Å². The van der Waals surface area contributed by atoms with Gasteiger partial charge >= 0.3 is 0 Å². The first-order chi connectivity index (χ1) is 7.68. The molecule has 0 saturated heterocycles. The van der Waals surface area contributed by atoms with Crippen LogP contribution in [0.3, 0.4) is 0 Å². The number of hydrogen-bond acceptors (Lipinski definition) is 3. The zero-order valence-corrected chi connectivity index (χ0v) is 9.99. The van der Waals surface area contributed by atoms with Crippen molar-refractivity contribution in [2.24, 2.45) is 7.05 Å². The minimum Gasteiger partial charge on any atom is -0.366 e. The molecule has 0 saturated carbocycles. The third-order valence-corrected chi connectivity index (χ3v) is 2.85. The van der Waals surface area contributed by atoms with Gasteiger partial charge in [0.15, 0.2) is 0 Å². The smallest absolute Gasteiger partial charge is 0.131 e. The van der Waals surface area contributed by atoms with Gasteiger partial charge in [0.2, 0.25) is 0 Å². The van der Waals surface area contributed by atoms with Gasteiger partial charge in [0.1, 0.15) is 11.0 Å². The molecule has 0 aromatic carbocycles. The van der Waals surface area contributed by atoms with E-state index < -0.39 is 0 Å². The molecule has 2 heterocycles. The Balaban J connectivity index is 2.11. The van der Waals surface area contributed by atoms with Crippen molar-refractivity contribution >= 4 is 17.4 Å². The molecular formula is C11H13ClN4. The molecule has 0 radical (unpaired) electrons. The van der Waals surface area contributed by atoms with E-state index >= 15 is 0 Å². The van der Waals surface area contributed by atoms with Crippen molar-refractivity contribution < 1.29 is 0 Å². The number of aromatic nitrogens is 3. The summed E-state index contributed by atoms with van der Waals surface area (Å²) in [6.07, 6.45) is 1.75. The van der Waals surface area contributed by atoms with Gasteiger partial charge in [-0.2, -0.15) is 5.10 Å². The molecule has 0 fully saturated rings. The average Bonchev–Trinajstić information content (AvgIpc) is 2.53. The van der Waals surface area contributed by atoms with Crippen molar-refractivity contribution in [3.8, 4) is 0 Å². The van der Waals surface area contributed by atoms with Crippen LogP contribution in [0, 0.1) is 6.92 Å². The van der Waals surface area contributed by atoms with Gasteiger partial charge in [-0.05, 0) is 19.1 Å². The highest BCUT2D eigenvalue weighted by Crippen LogP contribution is 2.19. The van der Waals surface area contributed by atoms with Gasteiger partial charge in [-0.3, -0.25) is 4.68 Å². The standard InChI is InChI=1S/C11H13ClN4/c1-8-9(11(12)16(2)15-8)7-14-10-5-3-4-6-13-10/h3-6H,7H2,1-2H3,(H,13,14). The minimum atomic E-state index is 0.634. The molecule has 0 aliphatic carbocycles. The molecule has 2 aromatic heterocycles. The van der Waals surface area contributed by atoms with Crippen molar-refractivity contribution in [1.82, 2.24) is 14.8 Å². The Morgan fingerprint density at radius 1 is 1.44 bits per heavy atom. The van der Waals surface area contributed by atoms with Crippen molar-refractivity contribution in [2.75, 3.05) is 5.32 Å². The highest BCUT2D eigenvalue weighted by molar-refractivity contribution is 6.30. The molecule has 0 aliphatic heterocycles. The van der Waals surface area contributed by atoms with Crippen LogP contribution in [0.1, 0.15) is 11.3 Å². The molecule has 0 amide bonds. The summed E-state index contributed by atoms with van der Waals surface area (Å²) in [5, 5.41) is 8.12. The number of pyridine rings is 1. The van der Waals surface area contributed by atoms with E-state index in [-0.39, 0.29) is 0 Å². The Labute approximate surface area is 99.3 Å². The van der Waals surface area contributed by atoms with E-state index in [9.17, 15) is 0 Å². The Bertz CT molecular complexity index is 478. The monoisotopic (exact) mass is 236 g/mol. The lowest BCUT2D eigenvalue weighted by Gasteiger charge is -2.04. The first kappa shape index (κ1) is 11.0. The lowest BCUT2D eigenvalue weighted by Crippen LogP contribution is -2.02. The number of aryl methyl sites for hydroxylation is 2. The van der Waals surface area contributed by atoms with E-state index in [0.29, 0.717) is 11.7 Å². The Morgan fingerprint density at radius 3 is 2.81 bits per heavy atom. The van der Waals surface area contributed by atoms with E-state index in [0.717, 1.165) is 17.1 Å². The number of hydrogen-bond donors (Lipinski definition) is 1. The molecule has 0 unspecified atom stereocenters. The highest BCUT2D eigenvalue weighted by Gasteiger charge is 2.10. The van der Waals surface area contributed by atoms with Crippen molar-refractivity contribution in [3.63, 3.8) is 0 Å². The van der Waals surface area contributed by atoms with E-state index in [1.54, 1.807) is 10.9 Å². The van der Waals surface area contributed by atoms with Crippen LogP contribution in [-0.2, 0) is 13.6 Å².